The molecule has 0 fully saturated rings. The lowest BCUT2D eigenvalue weighted by atomic mass is 9.78. The molecular weight excluding hydrogens is 439 g/mol. The summed E-state index contributed by atoms with van der Waals surface area (Å²) >= 11 is 5.94. The molecule has 168 valence electrons. The van der Waals surface area contributed by atoms with Crippen LogP contribution < -0.4 is 10.1 Å². The maximum Gasteiger partial charge on any atom is 0.416 e. The summed E-state index contributed by atoms with van der Waals surface area (Å²) < 4.78 is 44.5. The number of anilines is 1. The van der Waals surface area contributed by atoms with Crippen molar-refractivity contribution in [3.05, 3.63) is 94.5 Å². The van der Waals surface area contributed by atoms with Gasteiger partial charge in [0, 0.05) is 5.41 Å². The van der Waals surface area contributed by atoms with Gasteiger partial charge in [-0.2, -0.15) is 13.2 Å². The van der Waals surface area contributed by atoms with Gasteiger partial charge in [0.1, 0.15) is 5.75 Å². The molecule has 3 aromatic rings. The number of rotatable bonds is 6. The molecule has 3 aromatic carbocycles. The zero-order valence-electron chi connectivity index (χ0n) is 17.8. The molecule has 0 aliphatic heterocycles. The zero-order valence-corrected chi connectivity index (χ0v) is 18.6. The van der Waals surface area contributed by atoms with Gasteiger partial charge in [0.2, 0.25) is 0 Å². The molecule has 0 saturated heterocycles. The van der Waals surface area contributed by atoms with E-state index in [9.17, 15) is 18.0 Å². The first-order chi connectivity index (χ1) is 15.0. The summed E-state index contributed by atoms with van der Waals surface area (Å²) in [4.78, 5) is 12.5. The first-order valence-electron chi connectivity index (χ1n) is 9.99. The van der Waals surface area contributed by atoms with Crippen LogP contribution in [0.5, 0.6) is 5.75 Å². The van der Waals surface area contributed by atoms with Crippen molar-refractivity contribution in [1.82, 2.24) is 0 Å². The third kappa shape index (κ3) is 5.43. The molecular formula is C25H23ClF3NO2. The minimum atomic E-state index is -4.54. The number of nitrogens with one attached hydrogen (secondary N) is 1. The van der Waals surface area contributed by atoms with E-state index < -0.39 is 23.8 Å². The Morgan fingerprint density at radius 3 is 2.06 bits per heavy atom. The molecule has 1 amide bonds. The molecule has 7 heteroatoms. The van der Waals surface area contributed by atoms with Crippen molar-refractivity contribution in [2.45, 2.75) is 38.5 Å². The highest BCUT2D eigenvalue weighted by atomic mass is 35.5. The molecule has 0 saturated carbocycles. The molecule has 1 unspecified atom stereocenters. The van der Waals surface area contributed by atoms with Gasteiger partial charge >= 0.3 is 6.18 Å². The van der Waals surface area contributed by atoms with E-state index in [-0.39, 0.29) is 16.1 Å². The van der Waals surface area contributed by atoms with E-state index in [0.717, 1.165) is 23.8 Å². The third-order valence-corrected chi connectivity index (χ3v) is 5.63. The van der Waals surface area contributed by atoms with Gasteiger partial charge in [-0.05, 0) is 48.4 Å². The fraction of sp³-hybridized carbons (Fsp3) is 0.240. The minimum absolute atomic E-state index is 0.00560. The van der Waals surface area contributed by atoms with E-state index in [1.807, 2.05) is 30.3 Å². The molecule has 0 bridgehead atoms. The van der Waals surface area contributed by atoms with Crippen molar-refractivity contribution < 1.29 is 22.7 Å². The minimum Gasteiger partial charge on any atom is -0.481 e. The van der Waals surface area contributed by atoms with Crippen molar-refractivity contribution in [3.8, 4) is 5.75 Å². The van der Waals surface area contributed by atoms with Crippen LogP contribution in [0.25, 0.3) is 0 Å². The van der Waals surface area contributed by atoms with Gasteiger partial charge in [0.15, 0.2) is 6.10 Å². The van der Waals surface area contributed by atoms with E-state index in [1.54, 1.807) is 12.1 Å². The smallest absolute Gasteiger partial charge is 0.416 e. The van der Waals surface area contributed by atoms with E-state index in [0.29, 0.717) is 5.75 Å². The molecule has 32 heavy (non-hydrogen) atoms. The van der Waals surface area contributed by atoms with Gasteiger partial charge < -0.3 is 10.1 Å². The molecule has 3 nitrogen and oxygen atoms in total. The van der Waals surface area contributed by atoms with Crippen LogP contribution in [-0.2, 0) is 16.4 Å². The Balaban J connectivity index is 1.69. The van der Waals surface area contributed by atoms with Crippen LogP contribution in [0, 0.1) is 0 Å². The molecule has 0 spiro atoms. The average Bonchev–Trinajstić information content (AvgIpc) is 2.75. The Kier molecular flexibility index (Phi) is 6.84. The van der Waals surface area contributed by atoms with E-state index >= 15 is 0 Å². The second kappa shape index (κ2) is 9.25. The van der Waals surface area contributed by atoms with Crippen LogP contribution in [0.2, 0.25) is 5.02 Å². The van der Waals surface area contributed by atoms with Crippen LogP contribution in [0.3, 0.4) is 0 Å². The molecule has 0 aliphatic carbocycles. The number of hydrogen-bond acceptors (Lipinski definition) is 2. The number of amides is 1. The maximum absolute atomic E-state index is 12.9. The number of ether oxygens (including phenoxy) is 1. The standard InChI is InChI=1S/C25H23ClF3NO2/c1-16(23(31)30-22-15-19(25(27,28)29)11-14-21(22)26)32-20-12-9-18(10-13-20)24(2,3)17-7-5-4-6-8-17/h4-16H,1-3H3,(H,30,31). The number of benzene rings is 3. The van der Waals surface area contributed by atoms with Crippen molar-refractivity contribution in [2.24, 2.45) is 0 Å². The second-order valence-corrected chi connectivity index (χ2v) is 8.36. The quantitative estimate of drug-likeness (QED) is 0.425. The summed E-state index contributed by atoms with van der Waals surface area (Å²) in [5.41, 5.74) is 0.996. The first kappa shape index (κ1) is 23.7. The SMILES string of the molecule is CC(Oc1ccc(C(C)(C)c2ccccc2)cc1)C(=O)Nc1cc(C(F)(F)F)ccc1Cl. The largest absolute Gasteiger partial charge is 0.481 e. The number of halogens is 4. The second-order valence-electron chi connectivity index (χ2n) is 7.96. The zero-order chi connectivity index (χ0) is 23.5. The van der Waals surface area contributed by atoms with Gasteiger partial charge in [-0.25, -0.2) is 0 Å². The summed E-state index contributed by atoms with van der Waals surface area (Å²) in [7, 11) is 0. The highest BCUT2D eigenvalue weighted by molar-refractivity contribution is 6.33. The summed E-state index contributed by atoms with van der Waals surface area (Å²) in [5.74, 6) is -0.143. The van der Waals surface area contributed by atoms with Crippen molar-refractivity contribution >= 4 is 23.2 Å². The van der Waals surface area contributed by atoms with Crippen molar-refractivity contribution in [1.29, 1.82) is 0 Å². The number of carbonyl (C=O) groups is 1. The average molecular weight is 462 g/mol. The van der Waals surface area contributed by atoms with Crippen molar-refractivity contribution in [2.75, 3.05) is 5.32 Å². The third-order valence-electron chi connectivity index (χ3n) is 5.31. The Morgan fingerprint density at radius 2 is 1.47 bits per heavy atom. The summed E-state index contributed by atoms with van der Waals surface area (Å²) in [6.45, 7) is 5.75. The fourth-order valence-electron chi connectivity index (χ4n) is 3.26. The van der Waals surface area contributed by atoms with Crippen LogP contribution in [-0.4, -0.2) is 12.0 Å². The molecule has 0 heterocycles. The predicted molar refractivity (Wildman–Crippen MR) is 120 cm³/mol. The Morgan fingerprint density at radius 1 is 0.906 bits per heavy atom. The summed E-state index contributed by atoms with van der Waals surface area (Å²) in [6.07, 6.45) is -5.49. The van der Waals surface area contributed by atoms with Crippen LogP contribution in [0.4, 0.5) is 18.9 Å². The summed E-state index contributed by atoms with van der Waals surface area (Å²) in [6, 6.07) is 20.2. The van der Waals surface area contributed by atoms with Gasteiger partial charge in [-0.3, -0.25) is 4.79 Å². The summed E-state index contributed by atoms with van der Waals surface area (Å²) in [5, 5.41) is 2.41. The highest BCUT2D eigenvalue weighted by Gasteiger charge is 2.31. The lowest BCUT2D eigenvalue weighted by Gasteiger charge is -2.26. The van der Waals surface area contributed by atoms with Gasteiger partial charge in [0.25, 0.3) is 5.91 Å². The Hall–Kier alpha value is -2.99. The van der Waals surface area contributed by atoms with E-state index in [1.165, 1.54) is 12.5 Å². The van der Waals surface area contributed by atoms with Crippen molar-refractivity contribution in [3.63, 3.8) is 0 Å². The molecule has 0 aromatic heterocycles. The first-order valence-corrected chi connectivity index (χ1v) is 10.4. The molecule has 1 atom stereocenters. The molecule has 3 rings (SSSR count). The van der Waals surface area contributed by atoms with Gasteiger partial charge in [0.05, 0.1) is 16.3 Å². The lowest BCUT2D eigenvalue weighted by molar-refractivity contribution is -0.137. The lowest BCUT2D eigenvalue weighted by Crippen LogP contribution is -2.30. The molecule has 1 N–H and O–H groups in total. The Labute approximate surface area is 190 Å². The van der Waals surface area contributed by atoms with E-state index in [2.05, 4.69) is 31.3 Å². The van der Waals surface area contributed by atoms with Gasteiger partial charge in [-0.1, -0.05) is 67.9 Å². The van der Waals surface area contributed by atoms with Gasteiger partial charge in [-0.15, -0.1) is 0 Å². The monoisotopic (exact) mass is 461 g/mol. The normalized spacial score (nSPS) is 12.8. The molecule has 0 radical (unpaired) electrons. The van der Waals surface area contributed by atoms with Crippen LogP contribution in [0.1, 0.15) is 37.5 Å². The van der Waals surface area contributed by atoms with E-state index in [4.69, 9.17) is 16.3 Å². The van der Waals surface area contributed by atoms with Crippen LogP contribution in [0.15, 0.2) is 72.8 Å². The maximum atomic E-state index is 12.9. The number of carbonyl (C=O) groups excluding carboxylic acids is 1. The van der Waals surface area contributed by atoms with Crippen LogP contribution >= 0.6 is 11.6 Å². The Bertz CT molecular complexity index is 1080. The molecule has 0 aliphatic rings. The fourth-order valence-corrected chi connectivity index (χ4v) is 3.43. The highest BCUT2D eigenvalue weighted by Crippen LogP contribution is 2.34. The predicted octanol–water partition coefficient (Wildman–Crippen LogP) is 7.09. The number of hydrogen-bond donors (Lipinski definition) is 1. The number of alkyl halides is 3. The topological polar surface area (TPSA) is 38.3 Å².